The number of hydrogen-bond acceptors (Lipinski definition) is 3. The number of hydrogen-bond donors (Lipinski definition) is 1. The van der Waals surface area contributed by atoms with Crippen LogP contribution in [0.5, 0.6) is 5.75 Å². The quantitative estimate of drug-likeness (QED) is 0.610. The molecule has 2 aromatic carbocycles. The fourth-order valence-corrected chi connectivity index (χ4v) is 2.72. The normalized spacial score (nSPS) is 16.2. The zero-order chi connectivity index (χ0) is 18.9. The minimum atomic E-state index is -4.78. The molecule has 0 aliphatic carbocycles. The van der Waals surface area contributed by atoms with Crippen molar-refractivity contribution in [3.05, 3.63) is 64.8 Å². The lowest BCUT2D eigenvalue weighted by atomic mass is 10.2. The van der Waals surface area contributed by atoms with Crippen molar-refractivity contribution in [2.24, 2.45) is 0 Å². The Morgan fingerprint density at radius 1 is 1.08 bits per heavy atom. The number of carbonyl (C=O) groups excluding carboxylic acids is 1. The van der Waals surface area contributed by atoms with Crippen molar-refractivity contribution in [3.63, 3.8) is 0 Å². The van der Waals surface area contributed by atoms with E-state index in [-0.39, 0.29) is 16.6 Å². The lowest BCUT2D eigenvalue weighted by Crippen LogP contribution is -2.30. The van der Waals surface area contributed by atoms with E-state index in [2.05, 4.69) is 10.1 Å². The zero-order valence-corrected chi connectivity index (χ0v) is 14.5. The molecule has 4 nitrogen and oxygen atoms in total. The maximum absolute atomic E-state index is 12.6. The van der Waals surface area contributed by atoms with Crippen LogP contribution in [0, 0.1) is 0 Å². The Morgan fingerprint density at radius 2 is 1.69 bits per heavy atom. The molecule has 2 aromatic rings. The molecular weight excluding hydrogens is 389 g/mol. The monoisotopic (exact) mass is 398 g/mol. The Balaban J connectivity index is 1.82. The first-order valence-corrected chi connectivity index (χ1v) is 8.00. The van der Waals surface area contributed by atoms with Crippen molar-refractivity contribution in [1.82, 2.24) is 5.32 Å². The van der Waals surface area contributed by atoms with Crippen LogP contribution in [0.15, 0.2) is 54.2 Å². The van der Waals surface area contributed by atoms with Gasteiger partial charge in [-0.2, -0.15) is 0 Å². The number of carbonyl (C=O) groups is 1. The topological polar surface area (TPSA) is 41.6 Å². The molecule has 3 rings (SSSR count). The molecule has 0 radical (unpaired) electrons. The number of nitrogens with zero attached hydrogens (tertiary/aromatic N) is 1. The summed E-state index contributed by atoms with van der Waals surface area (Å²) >= 11 is 11.0. The highest BCUT2D eigenvalue weighted by Crippen LogP contribution is 2.28. The molecule has 1 N–H and O–H groups in total. The van der Waals surface area contributed by atoms with E-state index in [4.69, 9.17) is 23.8 Å². The van der Waals surface area contributed by atoms with Crippen LogP contribution in [0.4, 0.5) is 18.9 Å². The van der Waals surface area contributed by atoms with E-state index in [9.17, 15) is 18.0 Å². The molecule has 1 amide bonds. The van der Waals surface area contributed by atoms with Crippen molar-refractivity contribution < 1.29 is 22.7 Å². The second-order valence-electron chi connectivity index (χ2n) is 5.22. The number of benzene rings is 2. The van der Waals surface area contributed by atoms with E-state index in [0.29, 0.717) is 10.7 Å². The minimum absolute atomic E-state index is 0.125. The molecule has 0 saturated carbocycles. The number of thiocarbonyl (C=S) groups is 1. The molecule has 1 fully saturated rings. The van der Waals surface area contributed by atoms with E-state index in [1.165, 1.54) is 17.0 Å². The minimum Gasteiger partial charge on any atom is -0.406 e. The zero-order valence-electron chi connectivity index (χ0n) is 12.9. The van der Waals surface area contributed by atoms with Gasteiger partial charge in [0.1, 0.15) is 11.4 Å². The number of anilines is 1. The summed E-state index contributed by atoms with van der Waals surface area (Å²) in [5.41, 5.74) is 1.30. The molecule has 0 spiro atoms. The number of nitrogens with one attached hydrogen (secondary N) is 1. The highest BCUT2D eigenvalue weighted by molar-refractivity contribution is 7.80. The van der Waals surface area contributed by atoms with Crippen LogP contribution in [0.25, 0.3) is 6.08 Å². The Morgan fingerprint density at radius 3 is 2.27 bits per heavy atom. The molecule has 0 aromatic heterocycles. The summed E-state index contributed by atoms with van der Waals surface area (Å²) in [4.78, 5) is 13.8. The van der Waals surface area contributed by atoms with E-state index < -0.39 is 12.3 Å². The standard InChI is InChI=1S/C17H10ClF3N2O2S/c18-11-3-1-10(2-4-11)9-14-15(24)23(16(26)22-14)12-5-7-13(8-6-12)25-17(19,20)21/h1-9H,(H,22,26)/b14-9+. The van der Waals surface area contributed by atoms with Crippen LogP contribution in [-0.4, -0.2) is 17.4 Å². The van der Waals surface area contributed by atoms with Crippen molar-refractivity contribution in [1.29, 1.82) is 0 Å². The summed E-state index contributed by atoms with van der Waals surface area (Å²) in [6.07, 6.45) is -3.18. The molecule has 0 bridgehead atoms. The molecule has 1 saturated heterocycles. The van der Waals surface area contributed by atoms with Crippen LogP contribution in [0.1, 0.15) is 5.56 Å². The average molecular weight is 399 g/mol. The van der Waals surface area contributed by atoms with Crippen LogP contribution in [0.2, 0.25) is 5.02 Å². The number of amides is 1. The SMILES string of the molecule is O=C1/C(=C\c2ccc(Cl)cc2)NC(=S)N1c1ccc(OC(F)(F)F)cc1. The van der Waals surface area contributed by atoms with Crippen LogP contribution < -0.4 is 15.0 Å². The predicted molar refractivity (Wildman–Crippen MR) is 95.8 cm³/mol. The van der Waals surface area contributed by atoms with Gasteiger partial charge in [-0.05, 0) is 60.3 Å². The van der Waals surface area contributed by atoms with Crippen molar-refractivity contribution >= 4 is 46.6 Å². The lowest BCUT2D eigenvalue weighted by molar-refractivity contribution is -0.274. The Kier molecular flexibility index (Phi) is 4.88. The van der Waals surface area contributed by atoms with Gasteiger partial charge in [0.15, 0.2) is 5.11 Å². The molecular formula is C17H10ClF3N2O2S. The molecule has 1 aliphatic heterocycles. The maximum atomic E-state index is 12.6. The highest BCUT2D eigenvalue weighted by atomic mass is 35.5. The second-order valence-corrected chi connectivity index (χ2v) is 6.05. The summed E-state index contributed by atoms with van der Waals surface area (Å²) in [5.74, 6) is -0.807. The maximum Gasteiger partial charge on any atom is 0.573 e. The third-order valence-corrected chi connectivity index (χ3v) is 3.92. The molecule has 0 unspecified atom stereocenters. The first-order chi connectivity index (χ1) is 12.2. The van der Waals surface area contributed by atoms with Crippen LogP contribution in [0.3, 0.4) is 0 Å². The first kappa shape index (κ1) is 18.2. The van der Waals surface area contributed by atoms with Gasteiger partial charge in [-0.3, -0.25) is 9.69 Å². The van der Waals surface area contributed by atoms with Crippen LogP contribution >= 0.6 is 23.8 Å². The van der Waals surface area contributed by atoms with Gasteiger partial charge in [-0.15, -0.1) is 13.2 Å². The third-order valence-electron chi connectivity index (χ3n) is 3.39. The fraction of sp³-hybridized carbons (Fsp3) is 0.0588. The number of rotatable bonds is 3. The van der Waals surface area contributed by atoms with Gasteiger partial charge in [0.05, 0.1) is 5.69 Å². The summed E-state index contributed by atoms with van der Waals surface area (Å²) in [5, 5.41) is 3.48. The fourth-order valence-electron chi connectivity index (χ4n) is 2.29. The van der Waals surface area contributed by atoms with Gasteiger partial charge in [-0.25, -0.2) is 0 Å². The summed E-state index contributed by atoms with van der Waals surface area (Å²) in [6, 6.07) is 11.7. The second kappa shape index (κ2) is 6.97. The van der Waals surface area contributed by atoms with E-state index in [1.54, 1.807) is 30.3 Å². The van der Waals surface area contributed by atoms with Crippen molar-refractivity contribution in [2.45, 2.75) is 6.36 Å². The van der Waals surface area contributed by atoms with E-state index in [0.717, 1.165) is 17.7 Å². The average Bonchev–Trinajstić information content (AvgIpc) is 2.83. The summed E-state index contributed by atoms with van der Waals surface area (Å²) < 4.78 is 40.5. The molecule has 1 heterocycles. The van der Waals surface area contributed by atoms with Crippen molar-refractivity contribution in [2.75, 3.05) is 4.90 Å². The van der Waals surface area contributed by atoms with Gasteiger partial charge in [-0.1, -0.05) is 23.7 Å². The smallest absolute Gasteiger partial charge is 0.406 e. The van der Waals surface area contributed by atoms with Gasteiger partial charge >= 0.3 is 6.36 Å². The molecule has 0 atom stereocenters. The number of halogens is 4. The third kappa shape index (κ3) is 4.14. The Hall–Kier alpha value is -2.58. The van der Waals surface area contributed by atoms with E-state index >= 15 is 0 Å². The molecule has 9 heteroatoms. The van der Waals surface area contributed by atoms with Gasteiger partial charge in [0, 0.05) is 5.02 Å². The van der Waals surface area contributed by atoms with Crippen LogP contribution in [-0.2, 0) is 4.79 Å². The Bertz CT molecular complexity index is 880. The lowest BCUT2D eigenvalue weighted by Gasteiger charge is -2.15. The van der Waals surface area contributed by atoms with E-state index in [1.807, 2.05) is 0 Å². The largest absolute Gasteiger partial charge is 0.573 e. The number of alkyl halides is 3. The molecule has 26 heavy (non-hydrogen) atoms. The number of ether oxygens (including phenoxy) is 1. The van der Waals surface area contributed by atoms with Gasteiger partial charge in [0.25, 0.3) is 5.91 Å². The summed E-state index contributed by atoms with van der Waals surface area (Å²) in [6.45, 7) is 0. The summed E-state index contributed by atoms with van der Waals surface area (Å²) in [7, 11) is 0. The molecule has 1 aliphatic rings. The van der Waals surface area contributed by atoms with Crippen molar-refractivity contribution in [3.8, 4) is 5.75 Å². The Labute approximate surface area is 156 Å². The predicted octanol–water partition coefficient (Wildman–Crippen LogP) is 4.50. The highest BCUT2D eigenvalue weighted by Gasteiger charge is 2.33. The molecule has 134 valence electrons. The van der Waals surface area contributed by atoms with Gasteiger partial charge < -0.3 is 10.1 Å². The van der Waals surface area contributed by atoms with Gasteiger partial charge in [0.2, 0.25) is 0 Å². The first-order valence-electron chi connectivity index (χ1n) is 7.21.